The third-order valence-corrected chi connectivity index (χ3v) is 5.71. The topological polar surface area (TPSA) is 104 Å². The lowest BCUT2D eigenvalue weighted by Gasteiger charge is -2.22. The fourth-order valence-corrected chi connectivity index (χ4v) is 3.71. The quantitative estimate of drug-likeness (QED) is 0.253. The Hall–Kier alpha value is -4.24. The van der Waals surface area contributed by atoms with Crippen molar-refractivity contribution < 1.29 is 38.4 Å². The van der Waals surface area contributed by atoms with Crippen LogP contribution >= 0.6 is 0 Å². The highest BCUT2D eigenvalue weighted by atomic mass is 16.6. The summed E-state index contributed by atoms with van der Waals surface area (Å²) in [4.78, 5) is 25.9. The van der Waals surface area contributed by atoms with E-state index in [9.17, 15) is 14.7 Å². The van der Waals surface area contributed by atoms with Gasteiger partial charge in [0.25, 0.3) is 0 Å². The molecule has 0 radical (unpaired) electrons. The van der Waals surface area contributed by atoms with Crippen molar-refractivity contribution in [1.82, 2.24) is 4.90 Å². The van der Waals surface area contributed by atoms with Crippen molar-refractivity contribution in [3.05, 3.63) is 84.4 Å². The van der Waals surface area contributed by atoms with Gasteiger partial charge in [-0.1, -0.05) is 36.4 Å². The summed E-state index contributed by atoms with van der Waals surface area (Å²) < 4.78 is 27.7. The molecule has 3 aromatic rings. The molecule has 0 aromatic heterocycles. The van der Waals surface area contributed by atoms with Gasteiger partial charge in [-0.05, 0) is 55.3 Å². The Bertz CT molecular complexity index is 1150. The van der Waals surface area contributed by atoms with E-state index in [2.05, 4.69) is 0 Å². The molecule has 0 aliphatic heterocycles. The maximum atomic E-state index is 13.0. The van der Waals surface area contributed by atoms with Crippen LogP contribution in [0.4, 0.5) is 4.79 Å². The fourth-order valence-electron chi connectivity index (χ4n) is 3.71. The molecule has 0 aliphatic carbocycles. The molecule has 0 saturated carbocycles. The molecule has 1 unspecified atom stereocenters. The molecule has 1 N–H and O–H groups in total. The standard InChI is InChI=1S/C30H35NO8/c1-3-36-28(29(32)33)21-23-13-15-25(16-14-23)38-20-18-31(17-8-19-37-24-9-5-4-6-10-24)30(34)39-27-12-7-11-26(22-27)35-2/h4-7,9-16,22,28H,3,8,17-21H2,1-2H3,(H,32,33). The van der Waals surface area contributed by atoms with E-state index in [0.717, 1.165) is 11.3 Å². The molecular formula is C30H35NO8. The number of carboxylic acid groups (broad SMARTS) is 1. The lowest BCUT2D eigenvalue weighted by Crippen LogP contribution is -2.38. The van der Waals surface area contributed by atoms with Gasteiger partial charge in [-0.3, -0.25) is 0 Å². The number of rotatable bonds is 16. The molecule has 39 heavy (non-hydrogen) atoms. The second-order valence-corrected chi connectivity index (χ2v) is 8.53. The number of carbonyl (C=O) groups excluding carboxylic acids is 1. The number of hydrogen-bond donors (Lipinski definition) is 1. The first-order valence-electron chi connectivity index (χ1n) is 12.8. The van der Waals surface area contributed by atoms with Gasteiger partial charge < -0.3 is 33.7 Å². The molecule has 9 heteroatoms. The van der Waals surface area contributed by atoms with E-state index in [-0.39, 0.29) is 13.0 Å². The van der Waals surface area contributed by atoms with Crippen LogP contribution in [0.15, 0.2) is 78.9 Å². The lowest BCUT2D eigenvalue weighted by atomic mass is 10.1. The number of para-hydroxylation sites is 1. The number of methoxy groups -OCH3 is 1. The zero-order valence-electron chi connectivity index (χ0n) is 22.3. The summed E-state index contributed by atoms with van der Waals surface area (Å²) in [6.07, 6.45) is -0.533. The van der Waals surface area contributed by atoms with E-state index in [1.807, 2.05) is 30.3 Å². The summed E-state index contributed by atoms with van der Waals surface area (Å²) in [7, 11) is 1.55. The number of aliphatic carboxylic acids is 1. The average Bonchev–Trinajstić information content (AvgIpc) is 2.95. The summed E-state index contributed by atoms with van der Waals surface area (Å²) in [5.41, 5.74) is 0.824. The molecule has 0 spiro atoms. The maximum Gasteiger partial charge on any atom is 0.415 e. The Kier molecular flexibility index (Phi) is 11.9. The van der Waals surface area contributed by atoms with E-state index in [1.165, 1.54) is 0 Å². The molecule has 1 amide bonds. The first-order valence-corrected chi connectivity index (χ1v) is 12.8. The zero-order chi connectivity index (χ0) is 27.9. The van der Waals surface area contributed by atoms with E-state index in [1.54, 1.807) is 67.5 Å². The second kappa shape index (κ2) is 15.9. The van der Waals surface area contributed by atoms with Crippen molar-refractivity contribution in [2.24, 2.45) is 0 Å². The third kappa shape index (κ3) is 10.2. The monoisotopic (exact) mass is 537 g/mol. The fraction of sp³-hybridized carbons (Fsp3) is 0.333. The predicted molar refractivity (Wildman–Crippen MR) is 146 cm³/mol. The van der Waals surface area contributed by atoms with Crippen LogP contribution in [0.25, 0.3) is 0 Å². The van der Waals surface area contributed by atoms with Crippen LogP contribution in [-0.2, 0) is 16.0 Å². The minimum Gasteiger partial charge on any atom is -0.497 e. The van der Waals surface area contributed by atoms with Gasteiger partial charge in [-0.15, -0.1) is 0 Å². The molecule has 0 saturated heterocycles. The summed E-state index contributed by atoms with van der Waals surface area (Å²) in [6, 6.07) is 23.5. The highest BCUT2D eigenvalue weighted by Gasteiger charge is 2.19. The predicted octanol–water partition coefficient (Wildman–Crippen LogP) is 5.08. The van der Waals surface area contributed by atoms with Gasteiger partial charge in [0.2, 0.25) is 0 Å². The number of carbonyl (C=O) groups is 2. The molecule has 1 atom stereocenters. The molecule has 0 fully saturated rings. The minimum absolute atomic E-state index is 0.239. The first kappa shape index (κ1) is 29.3. The Labute approximate surface area is 228 Å². The van der Waals surface area contributed by atoms with Gasteiger partial charge in [-0.2, -0.15) is 0 Å². The number of ether oxygens (including phenoxy) is 5. The van der Waals surface area contributed by atoms with Crippen LogP contribution in [-0.4, -0.2) is 68.2 Å². The van der Waals surface area contributed by atoms with Crippen LogP contribution in [0.1, 0.15) is 18.9 Å². The summed E-state index contributed by atoms with van der Waals surface area (Å²) >= 11 is 0. The molecule has 0 bridgehead atoms. The molecular weight excluding hydrogens is 502 g/mol. The largest absolute Gasteiger partial charge is 0.497 e. The van der Waals surface area contributed by atoms with Crippen LogP contribution in [0.5, 0.6) is 23.0 Å². The van der Waals surface area contributed by atoms with E-state index >= 15 is 0 Å². The van der Waals surface area contributed by atoms with Crippen LogP contribution in [0, 0.1) is 0 Å². The molecule has 208 valence electrons. The Morgan fingerprint density at radius 1 is 0.821 bits per heavy atom. The van der Waals surface area contributed by atoms with Crippen molar-refractivity contribution in [3.63, 3.8) is 0 Å². The van der Waals surface area contributed by atoms with Gasteiger partial charge in [0.15, 0.2) is 6.10 Å². The van der Waals surface area contributed by atoms with Crippen molar-refractivity contribution in [1.29, 1.82) is 0 Å². The van der Waals surface area contributed by atoms with Gasteiger partial charge in [-0.25, -0.2) is 9.59 Å². The average molecular weight is 538 g/mol. The zero-order valence-corrected chi connectivity index (χ0v) is 22.3. The number of benzene rings is 3. The van der Waals surface area contributed by atoms with Crippen molar-refractivity contribution in [2.45, 2.75) is 25.9 Å². The van der Waals surface area contributed by atoms with Crippen LogP contribution in [0.2, 0.25) is 0 Å². The van der Waals surface area contributed by atoms with Crippen molar-refractivity contribution in [3.8, 4) is 23.0 Å². The molecule has 0 aliphatic rings. The molecule has 0 heterocycles. The number of amides is 1. The lowest BCUT2D eigenvalue weighted by molar-refractivity contribution is -0.149. The number of carboxylic acids is 1. The minimum atomic E-state index is -0.993. The van der Waals surface area contributed by atoms with E-state index in [0.29, 0.717) is 50.0 Å². The second-order valence-electron chi connectivity index (χ2n) is 8.53. The van der Waals surface area contributed by atoms with Crippen molar-refractivity contribution >= 4 is 12.1 Å². The number of nitrogens with zero attached hydrogens (tertiary/aromatic N) is 1. The maximum absolute atomic E-state index is 13.0. The van der Waals surface area contributed by atoms with Gasteiger partial charge in [0.05, 0.1) is 20.3 Å². The summed E-state index contributed by atoms with van der Waals surface area (Å²) in [5.74, 6) is 1.35. The van der Waals surface area contributed by atoms with Crippen molar-refractivity contribution in [2.75, 3.05) is 40.0 Å². The Balaban J connectivity index is 1.55. The third-order valence-electron chi connectivity index (χ3n) is 5.71. The van der Waals surface area contributed by atoms with Crippen LogP contribution < -0.4 is 18.9 Å². The normalized spacial score (nSPS) is 11.3. The van der Waals surface area contributed by atoms with Gasteiger partial charge >= 0.3 is 12.1 Å². The van der Waals surface area contributed by atoms with Crippen LogP contribution in [0.3, 0.4) is 0 Å². The highest BCUT2D eigenvalue weighted by Crippen LogP contribution is 2.20. The Morgan fingerprint density at radius 2 is 1.49 bits per heavy atom. The van der Waals surface area contributed by atoms with Gasteiger partial charge in [0, 0.05) is 25.6 Å². The summed E-state index contributed by atoms with van der Waals surface area (Å²) in [6.45, 7) is 3.47. The summed E-state index contributed by atoms with van der Waals surface area (Å²) in [5, 5.41) is 9.28. The smallest absolute Gasteiger partial charge is 0.415 e. The Morgan fingerprint density at radius 3 is 2.18 bits per heavy atom. The first-order chi connectivity index (χ1) is 19.0. The molecule has 9 nitrogen and oxygen atoms in total. The highest BCUT2D eigenvalue weighted by molar-refractivity contribution is 5.72. The van der Waals surface area contributed by atoms with E-state index in [4.69, 9.17) is 23.7 Å². The SMILES string of the molecule is CCOC(Cc1ccc(OCCN(CCCOc2ccccc2)C(=O)Oc2cccc(OC)c2)cc1)C(=O)O. The molecule has 3 aromatic carbocycles. The molecule has 3 rings (SSSR count). The van der Waals surface area contributed by atoms with Gasteiger partial charge in [0.1, 0.15) is 29.6 Å². The number of hydrogen-bond acceptors (Lipinski definition) is 7. The van der Waals surface area contributed by atoms with E-state index < -0.39 is 18.2 Å².